The molecule has 1 rings (SSSR count). The topological polar surface area (TPSA) is 33.9 Å². The van der Waals surface area contributed by atoms with E-state index >= 15 is 0 Å². The van der Waals surface area contributed by atoms with Crippen LogP contribution >= 0.6 is 0 Å². The lowest BCUT2D eigenvalue weighted by Gasteiger charge is -2.27. The molecule has 0 saturated carbocycles. The number of likely N-dealkylation sites (tertiary alicyclic amines) is 1. The van der Waals surface area contributed by atoms with Crippen LogP contribution < -0.4 is 4.90 Å². The summed E-state index contributed by atoms with van der Waals surface area (Å²) < 4.78 is 0. The van der Waals surface area contributed by atoms with Crippen molar-refractivity contribution in [2.75, 3.05) is 13.1 Å². The smallest absolute Gasteiger partial charge is 0.102 e. The van der Waals surface area contributed by atoms with Crippen LogP contribution in [-0.2, 0) is 0 Å². The van der Waals surface area contributed by atoms with E-state index in [1.807, 2.05) is 0 Å². The molecule has 0 aromatic heterocycles. The number of hydrogen-bond donors (Lipinski definition) is 1. The molecule has 0 atom stereocenters. The average molecular weight is 128 g/mol. The first-order valence-corrected chi connectivity index (χ1v) is 3.32. The molecular weight excluding hydrogens is 116 g/mol. The van der Waals surface area contributed by atoms with Gasteiger partial charge in [-0.1, -0.05) is 5.18 Å². The van der Waals surface area contributed by atoms with Crippen LogP contribution in [0, 0.1) is 12.0 Å². The molecule has 3 heteroatoms. The SMILES string of the molecule is [CH2-][NH+]1CCC(N=O)CC1. The van der Waals surface area contributed by atoms with Crippen LogP contribution in [0.4, 0.5) is 0 Å². The first-order chi connectivity index (χ1) is 4.33. The van der Waals surface area contributed by atoms with Gasteiger partial charge in [0.25, 0.3) is 0 Å². The number of piperidine rings is 1. The first-order valence-electron chi connectivity index (χ1n) is 3.32. The molecular formula is C6H12N2O. The van der Waals surface area contributed by atoms with E-state index in [1.165, 1.54) is 4.90 Å². The van der Waals surface area contributed by atoms with Gasteiger partial charge < -0.3 is 4.90 Å². The summed E-state index contributed by atoms with van der Waals surface area (Å²) >= 11 is 0. The van der Waals surface area contributed by atoms with Crippen LogP contribution in [-0.4, -0.2) is 19.1 Å². The van der Waals surface area contributed by atoms with Crippen LogP contribution in [0.15, 0.2) is 5.18 Å². The van der Waals surface area contributed by atoms with Gasteiger partial charge in [0, 0.05) is 12.8 Å². The first kappa shape index (κ1) is 6.68. The molecule has 1 N–H and O–H groups in total. The predicted octanol–water partition coefficient (Wildman–Crippen LogP) is -0.408. The predicted molar refractivity (Wildman–Crippen MR) is 34.9 cm³/mol. The minimum atomic E-state index is 0.0792. The van der Waals surface area contributed by atoms with Crippen LogP contribution in [0.2, 0.25) is 0 Å². The number of rotatable bonds is 1. The molecule has 0 amide bonds. The second kappa shape index (κ2) is 2.92. The van der Waals surface area contributed by atoms with Crippen molar-refractivity contribution >= 4 is 0 Å². The summed E-state index contributed by atoms with van der Waals surface area (Å²) in [6, 6.07) is 0.0792. The molecule has 1 fully saturated rings. The van der Waals surface area contributed by atoms with Crippen molar-refractivity contribution in [2.24, 2.45) is 5.18 Å². The lowest BCUT2D eigenvalue weighted by molar-refractivity contribution is -0.859. The largest absolute Gasteiger partial charge is 0.468 e. The highest BCUT2D eigenvalue weighted by molar-refractivity contribution is 4.66. The Morgan fingerprint density at radius 3 is 2.44 bits per heavy atom. The molecule has 0 aromatic rings. The zero-order chi connectivity index (χ0) is 6.69. The zero-order valence-corrected chi connectivity index (χ0v) is 5.47. The molecule has 0 radical (unpaired) electrons. The molecule has 1 heterocycles. The zero-order valence-electron chi connectivity index (χ0n) is 5.47. The van der Waals surface area contributed by atoms with Crippen molar-refractivity contribution in [3.05, 3.63) is 12.0 Å². The van der Waals surface area contributed by atoms with Crippen LogP contribution in [0.25, 0.3) is 0 Å². The maximum absolute atomic E-state index is 9.99. The molecule has 9 heavy (non-hydrogen) atoms. The molecule has 0 aromatic carbocycles. The van der Waals surface area contributed by atoms with Crippen LogP contribution in [0.5, 0.6) is 0 Å². The van der Waals surface area contributed by atoms with E-state index in [4.69, 9.17) is 0 Å². The number of quaternary nitrogens is 1. The maximum atomic E-state index is 9.99. The third kappa shape index (κ3) is 1.75. The molecule has 52 valence electrons. The molecule has 0 bridgehead atoms. The van der Waals surface area contributed by atoms with Crippen molar-refractivity contribution in [1.29, 1.82) is 0 Å². The molecule has 0 aliphatic carbocycles. The van der Waals surface area contributed by atoms with Gasteiger partial charge in [0.05, 0.1) is 13.1 Å². The minimum absolute atomic E-state index is 0.0792. The Labute approximate surface area is 55.0 Å². The van der Waals surface area contributed by atoms with Gasteiger partial charge in [-0.2, -0.15) is 12.0 Å². The third-order valence-electron chi connectivity index (χ3n) is 1.81. The van der Waals surface area contributed by atoms with E-state index in [-0.39, 0.29) is 6.04 Å². The second-order valence-electron chi connectivity index (χ2n) is 2.59. The van der Waals surface area contributed by atoms with Gasteiger partial charge in [-0.25, -0.2) is 0 Å². The fraction of sp³-hybridized carbons (Fsp3) is 0.833. The van der Waals surface area contributed by atoms with Crippen LogP contribution in [0.3, 0.4) is 0 Å². The lowest BCUT2D eigenvalue weighted by Crippen LogP contribution is -3.08. The van der Waals surface area contributed by atoms with E-state index in [0.717, 1.165) is 25.9 Å². The number of nitrogens with one attached hydrogen (secondary N) is 1. The highest BCUT2D eigenvalue weighted by atomic mass is 16.3. The normalized spacial score (nSPS) is 36.1. The van der Waals surface area contributed by atoms with Gasteiger partial charge in [0.15, 0.2) is 0 Å². The summed E-state index contributed by atoms with van der Waals surface area (Å²) in [7, 11) is 3.84. The Bertz CT molecular complexity index is 97.2. The fourth-order valence-corrected chi connectivity index (χ4v) is 1.12. The number of nitroso groups, excluding NO2 is 1. The van der Waals surface area contributed by atoms with Gasteiger partial charge in [-0.3, -0.25) is 0 Å². The highest BCUT2D eigenvalue weighted by Gasteiger charge is 2.16. The molecule has 1 aliphatic rings. The van der Waals surface area contributed by atoms with E-state index in [0.29, 0.717) is 0 Å². The van der Waals surface area contributed by atoms with E-state index in [2.05, 4.69) is 12.2 Å². The monoisotopic (exact) mass is 128 g/mol. The van der Waals surface area contributed by atoms with Gasteiger partial charge in [0.2, 0.25) is 0 Å². The molecule has 0 spiro atoms. The number of hydrogen-bond acceptors (Lipinski definition) is 2. The van der Waals surface area contributed by atoms with Crippen molar-refractivity contribution < 1.29 is 4.90 Å². The van der Waals surface area contributed by atoms with E-state index in [9.17, 15) is 4.91 Å². The summed E-state index contributed by atoms with van der Waals surface area (Å²) in [6.45, 7) is 1.99. The Kier molecular flexibility index (Phi) is 2.16. The number of nitrogens with zero attached hydrogens (tertiary/aromatic N) is 1. The second-order valence-corrected chi connectivity index (χ2v) is 2.59. The molecule has 0 unspecified atom stereocenters. The standard InChI is InChI=1S/C6H12N2O/c1-8-4-2-6(7-9)3-5-8/h6,8H,1-5H2. The Morgan fingerprint density at radius 1 is 1.44 bits per heavy atom. The fourth-order valence-electron chi connectivity index (χ4n) is 1.12. The van der Waals surface area contributed by atoms with Crippen molar-refractivity contribution in [3.8, 4) is 0 Å². The highest BCUT2D eigenvalue weighted by Crippen LogP contribution is 2.02. The van der Waals surface area contributed by atoms with Gasteiger partial charge in [-0.15, -0.1) is 0 Å². The average Bonchev–Trinajstić information content (AvgIpc) is 1.90. The van der Waals surface area contributed by atoms with E-state index < -0.39 is 0 Å². The minimum Gasteiger partial charge on any atom is -0.468 e. The summed E-state index contributed by atoms with van der Waals surface area (Å²) in [5.41, 5.74) is 0. The Balaban J connectivity index is 2.26. The van der Waals surface area contributed by atoms with E-state index in [1.54, 1.807) is 0 Å². The van der Waals surface area contributed by atoms with Crippen LogP contribution in [0.1, 0.15) is 12.8 Å². The summed E-state index contributed by atoms with van der Waals surface area (Å²) in [4.78, 5) is 11.3. The third-order valence-corrected chi connectivity index (χ3v) is 1.81. The van der Waals surface area contributed by atoms with Crippen molar-refractivity contribution in [1.82, 2.24) is 0 Å². The van der Waals surface area contributed by atoms with Gasteiger partial charge in [-0.05, 0) is 0 Å². The van der Waals surface area contributed by atoms with Crippen molar-refractivity contribution in [3.63, 3.8) is 0 Å². The Hall–Kier alpha value is -0.440. The summed E-state index contributed by atoms with van der Waals surface area (Å²) in [6.07, 6.45) is 1.84. The quantitative estimate of drug-likeness (QED) is 0.378. The lowest BCUT2D eigenvalue weighted by atomic mass is 10.1. The van der Waals surface area contributed by atoms with Crippen molar-refractivity contribution in [2.45, 2.75) is 18.9 Å². The molecule has 1 saturated heterocycles. The maximum Gasteiger partial charge on any atom is 0.102 e. The van der Waals surface area contributed by atoms with Gasteiger partial charge >= 0.3 is 0 Å². The Morgan fingerprint density at radius 2 is 2.00 bits per heavy atom. The summed E-state index contributed by atoms with van der Waals surface area (Å²) in [5, 5.41) is 2.99. The summed E-state index contributed by atoms with van der Waals surface area (Å²) in [5.74, 6) is 0. The van der Waals surface area contributed by atoms with Gasteiger partial charge in [0.1, 0.15) is 6.04 Å². The molecule has 1 aliphatic heterocycles. The molecule has 3 nitrogen and oxygen atoms in total.